The van der Waals surface area contributed by atoms with Crippen molar-refractivity contribution >= 4 is 0 Å². The fraction of sp³-hybridized carbons (Fsp3) is 0.571. The normalized spacial score (nSPS) is 29.4. The van der Waals surface area contributed by atoms with Crippen LogP contribution in [-0.4, -0.2) is 12.6 Å². The van der Waals surface area contributed by atoms with Crippen molar-refractivity contribution < 1.29 is 0 Å². The van der Waals surface area contributed by atoms with Gasteiger partial charge in [0.1, 0.15) is 0 Å². The van der Waals surface area contributed by atoms with Crippen molar-refractivity contribution in [2.75, 3.05) is 6.54 Å². The maximum atomic E-state index is 3.65. The van der Waals surface area contributed by atoms with E-state index >= 15 is 0 Å². The summed E-state index contributed by atoms with van der Waals surface area (Å²) < 4.78 is 0. The highest BCUT2D eigenvalue weighted by Gasteiger charge is 2.30. The van der Waals surface area contributed by atoms with E-state index in [1.54, 1.807) is 11.1 Å². The molecule has 15 heavy (non-hydrogen) atoms. The highest BCUT2D eigenvalue weighted by atomic mass is 14.9. The molecule has 0 bridgehead atoms. The molecular formula is C14H19N. The van der Waals surface area contributed by atoms with Crippen LogP contribution in [0.25, 0.3) is 0 Å². The molecule has 0 aromatic heterocycles. The fourth-order valence-electron chi connectivity index (χ4n) is 3.26. The predicted molar refractivity (Wildman–Crippen MR) is 63.1 cm³/mol. The van der Waals surface area contributed by atoms with E-state index in [0.29, 0.717) is 0 Å². The zero-order chi connectivity index (χ0) is 10.3. The Bertz CT molecular complexity index is 364. The molecule has 1 heterocycles. The van der Waals surface area contributed by atoms with Crippen LogP contribution >= 0.6 is 0 Å². The molecule has 0 saturated carbocycles. The molecule has 2 unspecified atom stereocenters. The van der Waals surface area contributed by atoms with Crippen LogP contribution in [-0.2, 0) is 12.8 Å². The number of hydrogen-bond acceptors (Lipinski definition) is 1. The highest BCUT2D eigenvalue weighted by molar-refractivity contribution is 5.38. The third-order valence-electron chi connectivity index (χ3n) is 4.12. The maximum absolute atomic E-state index is 3.65. The van der Waals surface area contributed by atoms with Gasteiger partial charge in [-0.15, -0.1) is 0 Å². The SMILES string of the molecule is Cc1cccc2c1CC(C1CCCN1)C2. The van der Waals surface area contributed by atoms with Crippen LogP contribution in [0.5, 0.6) is 0 Å². The summed E-state index contributed by atoms with van der Waals surface area (Å²) in [5.74, 6) is 0.864. The van der Waals surface area contributed by atoms with Crippen molar-refractivity contribution in [2.24, 2.45) is 5.92 Å². The number of hydrogen-bond donors (Lipinski definition) is 1. The molecule has 1 N–H and O–H groups in total. The summed E-state index contributed by atoms with van der Waals surface area (Å²) in [6, 6.07) is 7.57. The van der Waals surface area contributed by atoms with Crippen LogP contribution in [0.2, 0.25) is 0 Å². The summed E-state index contributed by atoms with van der Waals surface area (Å²) >= 11 is 0. The lowest BCUT2D eigenvalue weighted by Gasteiger charge is -2.17. The van der Waals surface area contributed by atoms with Crippen LogP contribution in [0.3, 0.4) is 0 Å². The van der Waals surface area contributed by atoms with Crippen LogP contribution in [0.4, 0.5) is 0 Å². The smallest absolute Gasteiger partial charge is 0.0102 e. The van der Waals surface area contributed by atoms with Gasteiger partial charge in [0.2, 0.25) is 0 Å². The van der Waals surface area contributed by atoms with E-state index in [1.165, 1.54) is 37.8 Å². The average molecular weight is 201 g/mol. The van der Waals surface area contributed by atoms with Gasteiger partial charge >= 0.3 is 0 Å². The van der Waals surface area contributed by atoms with Crippen molar-refractivity contribution in [1.29, 1.82) is 0 Å². The summed E-state index contributed by atoms with van der Waals surface area (Å²) in [5.41, 5.74) is 4.73. The standard InChI is InChI=1S/C14H19N/c1-10-4-2-5-11-8-12(9-13(10)11)14-6-3-7-15-14/h2,4-5,12,14-15H,3,6-9H2,1H3. The molecule has 1 aromatic carbocycles. The number of aryl methyl sites for hydroxylation is 1. The van der Waals surface area contributed by atoms with E-state index in [2.05, 4.69) is 30.4 Å². The average Bonchev–Trinajstić information content (AvgIpc) is 2.86. The first kappa shape index (κ1) is 9.41. The zero-order valence-electron chi connectivity index (χ0n) is 9.42. The Kier molecular flexibility index (Phi) is 2.28. The molecule has 0 spiro atoms. The second-order valence-electron chi connectivity index (χ2n) is 5.08. The number of rotatable bonds is 1. The van der Waals surface area contributed by atoms with E-state index < -0.39 is 0 Å². The van der Waals surface area contributed by atoms with Crippen LogP contribution in [0, 0.1) is 12.8 Å². The minimum absolute atomic E-state index is 0.789. The lowest BCUT2D eigenvalue weighted by Crippen LogP contribution is -2.30. The van der Waals surface area contributed by atoms with Crippen molar-refractivity contribution in [3.8, 4) is 0 Å². The van der Waals surface area contributed by atoms with E-state index in [9.17, 15) is 0 Å². The molecule has 1 aliphatic heterocycles. The van der Waals surface area contributed by atoms with Crippen LogP contribution in [0.1, 0.15) is 29.5 Å². The lowest BCUT2D eigenvalue weighted by molar-refractivity contribution is 0.405. The topological polar surface area (TPSA) is 12.0 Å². The minimum Gasteiger partial charge on any atom is -0.314 e. The Morgan fingerprint density at radius 1 is 1.27 bits per heavy atom. The van der Waals surface area contributed by atoms with Crippen molar-refractivity contribution in [2.45, 2.75) is 38.6 Å². The van der Waals surface area contributed by atoms with E-state index in [4.69, 9.17) is 0 Å². The second kappa shape index (κ2) is 3.64. The summed E-state index contributed by atoms with van der Waals surface area (Å²) in [5, 5.41) is 3.65. The van der Waals surface area contributed by atoms with Gasteiger partial charge in [-0.3, -0.25) is 0 Å². The van der Waals surface area contributed by atoms with Crippen molar-refractivity contribution in [3.05, 3.63) is 34.9 Å². The molecule has 1 aliphatic carbocycles. The molecule has 0 radical (unpaired) electrons. The third-order valence-corrected chi connectivity index (χ3v) is 4.12. The molecule has 3 rings (SSSR count). The van der Waals surface area contributed by atoms with Gasteiger partial charge < -0.3 is 5.32 Å². The zero-order valence-corrected chi connectivity index (χ0v) is 9.42. The number of benzene rings is 1. The summed E-state index contributed by atoms with van der Waals surface area (Å²) in [6.07, 6.45) is 5.36. The van der Waals surface area contributed by atoms with E-state index in [-0.39, 0.29) is 0 Å². The summed E-state index contributed by atoms with van der Waals surface area (Å²) in [4.78, 5) is 0. The number of fused-ring (bicyclic) bond motifs is 1. The van der Waals surface area contributed by atoms with Crippen molar-refractivity contribution in [1.82, 2.24) is 5.32 Å². The van der Waals surface area contributed by atoms with Gasteiger partial charge in [-0.05, 0) is 61.8 Å². The van der Waals surface area contributed by atoms with Gasteiger partial charge in [0.05, 0.1) is 0 Å². The third kappa shape index (κ3) is 1.59. The van der Waals surface area contributed by atoms with Crippen LogP contribution < -0.4 is 5.32 Å². The first-order valence-corrected chi connectivity index (χ1v) is 6.15. The summed E-state index contributed by atoms with van der Waals surface area (Å²) in [7, 11) is 0. The van der Waals surface area contributed by atoms with Gasteiger partial charge in [0, 0.05) is 6.04 Å². The molecule has 1 heteroatoms. The molecule has 80 valence electrons. The van der Waals surface area contributed by atoms with Crippen LogP contribution in [0.15, 0.2) is 18.2 Å². The first-order valence-electron chi connectivity index (χ1n) is 6.15. The van der Waals surface area contributed by atoms with Gasteiger partial charge in [0.25, 0.3) is 0 Å². The Labute approximate surface area is 91.9 Å². The quantitative estimate of drug-likeness (QED) is 0.736. The van der Waals surface area contributed by atoms with E-state index in [1.807, 2.05) is 0 Å². The van der Waals surface area contributed by atoms with Gasteiger partial charge in [-0.1, -0.05) is 18.2 Å². The number of nitrogens with one attached hydrogen (secondary N) is 1. The Morgan fingerprint density at radius 2 is 2.20 bits per heavy atom. The van der Waals surface area contributed by atoms with Gasteiger partial charge in [-0.25, -0.2) is 0 Å². The molecule has 1 saturated heterocycles. The lowest BCUT2D eigenvalue weighted by atomic mass is 9.95. The molecule has 1 aromatic rings. The highest BCUT2D eigenvalue weighted by Crippen LogP contribution is 2.33. The fourth-order valence-corrected chi connectivity index (χ4v) is 3.26. The minimum atomic E-state index is 0.789. The van der Waals surface area contributed by atoms with E-state index in [0.717, 1.165) is 12.0 Å². The molecule has 2 atom stereocenters. The maximum Gasteiger partial charge on any atom is 0.0102 e. The predicted octanol–water partition coefficient (Wildman–Crippen LogP) is 2.46. The van der Waals surface area contributed by atoms with Crippen molar-refractivity contribution in [3.63, 3.8) is 0 Å². The Balaban J connectivity index is 1.82. The monoisotopic (exact) mass is 201 g/mol. The molecule has 0 amide bonds. The molecule has 2 aliphatic rings. The first-order chi connectivity index (χ1) is 7.34. The summed E-state index contributed by atoms with van der Waals surface area (Å²) in [6.45, 7) is 3.49. The second-order valence-corrected chi connectivity index (χ2v) is 5.08. The molecule has 1 fully saturated rings. The van der Waals surface area contributed by atoms with Gasteiger partial charge in [-0.2, -0.15) is 0 Å². The Morgan fingerprint density at radius 3 is 2.93 bits per heavy atom. The van der Waals surface area contributed by atoms with Gasteiger partial charge in [0.15, 0.2) is 0 Å². The molecular weight excluding hydrogens is 182 g/mol. The largest absolute Gasteiger partial charge is 0.314 e. The molecule has 1 nitrogen and oxygen atoms in total. The Hall–Kier alpha value is -0.820.